The molecule has 114 valence electrons. The number of amides is 1. The summed E-state index contributed by atoms with van der Waals surface area (Å²) in [5.41, 5.74) is 0. The molecule has 3 rings (SSSR count). The summed E-state index contributed by atoms with van der Waals surface area (Å²) in [7, 11) is 0. The standard InChI is InChI=1S/C17H28ClNO/c1-12-8-9-19(16(12)11-18)17(20)15-7-6-13-4-2-3-5-14(13)10-15/h12-16H,2-11H2,1H3. The lowest BCUT2D eigenvalue weighted by molar-refractivity contribution is -0.138. The molecule has 0 spiro atoms. The maximum absolute atomic E-state index is 12.9. The highest BCUT2D eigenvalue weighted by atomic mass is 35.5. The number of carbonyl (C=O) groups is 1. The number of fused-ring (bicyclic) bond motifs is 1. The van der Waals surface area contributed by atoms with Crippen molar-refractivity contribution in [2.24, 2.45) is 23.7 Å². The first kappa shape index (κ1) is 14.7. The highest BCUT2D eigenvalue weighted by Crippen LogP contribution is 2.43. The molecule has 0 aromatic carbocycles. The summed E-state index contributed by atoms with van der Waals surface area (Å²) in [6, 6.07) is 0.285. The van der Waals surface area contributed by atoms with Crippen LogP contribution in [0, 0.1) is 23.7 Å². The number of hydrogen-bond acceptors (Lipinski definition) is 1. The largest absolute Gasteiger partial charge is 0.338 e. The predicted octanol–water partition coefficient (Wildman–Crippen LogP) is 4.07. The molecular formula is C17H28ClNO. The Morgan fingerprint density at radius 2 is 1.85 bits per heavy atom. The van der Waals surface area contributed by atoms with E-state index in [2.05, 4.69) is 11.8 Å². The van der Waals surface area contributed by atoms with Crippen LogP contribution in [0.1, 0.15) is 58.3 Å². The third kappa shape index (κ3) is 2.73. The van der Waals surface area contributed by atoms with E-state index in [0.717, 1.165) is 37.6 Å². The van der Waals surface area contributed by atoms with Gasteiger partial charge in [-0.25, -0.2) is 0 Å². The molecule has 1 amide bonds. The zero-order valence-electron chi connectivity index (χ0n) is 12.7. The van der Waals surface area contributed by atoms with E-state index in [9.17, 15) is 4.79 Å². The lowest BCUT2D eigenvalue weighted by atomic mass is 9.67. The van der Waals surface area contributed by atoms with E-state index < -0.39 is 0 Å². The minimum atomic E-state index is 0.285. The number of alkyl halides is 1. The molecule has 3 heteroatoms. The Kier molecular flexibility index (Phi) is 4.59. The molecule has 3 fully saturated rings. The van der Waals surface area contributed by atoms with Crippen molar-refractivity contribution in [1.29, 1.82) is 0 Å². The first-order valence-electron chi connectivity index (χ1n) is 8.57. The van der Waals surface area contributed by atoms with Gasteiger partial charge in [0.25, 0.3) is 0 Å². The first-order valence-corrected chi connectivity index (χ1v) is 9.10. The average Bonchev–Trinajstić information content (AvgIpc) is 2.86. The van der Waals surface area contributed by atoms with E-state index >= 15 is 0 Å². The minimum Gasteiger partial charge on any atom is -0.338 e. The minimum absolute atomic E-state index is 0.285. The van der Waals surface area contributed by atoms with Crippen LogP contribution >= 0.6 is 11.6 Å². The Balaban J connectivity index is 1.63. The van der Waals surface area contributed by atoms with Crippen molar-refractivity contribution >= 4 is 17.5 Å². The number of nitrogens with zero attached hydrogens (tertiary/aromatic N) is 1. The molecule has 2 nitrogen and oxygen atoms in total. The van der Waals surface area contributed by atoms with Gasteiger partial charge in [0.15, 0.2) is 0 Å². The van der Waals surface area contributed by atoms with E-state index in [4.69, 9.17) is 11.6 Å². The van der Waals surface area contributed by atoms with Gasteiger partial charge in [0.1, 0.15) is 0 Å². The van der Waals surface area contributed by atoms with Crippen LogP contribution in [0.5, 0.6) is 0 Å². The summed E-state index contributed by atoms with van der Waals surface area (Å²) < 4.78 is 0. The molecule has 0 radical (unpaired) electrons. The Morgan fingerprint density at radius 1 is 1.10 bits per heavy atom. The van der Waals surface area contributed by atoms with Crippen molar-refractivity contribution in [3.63, 3.8) is 0 Å². The summed E-state index contributed by atoms with van der Waals surface area (Å²) >= 11 is 6.10. The number of halogens is 1. The smallest absolute Gasteiger partial charge is 0.225 e. The molecule has 0 bridgehead atoms. The normalized spacial score (nSPS) is 41.5. The fourth-order valence-corrected chi connectivity index (χ4v) is 5.32. The third-order valence-corrected chi connectivity index (χ3v) is 6.53. The second-order valence-corrected chi connectivity index (χ2v) is 7.64. The van der Waals surface area contributed by atoms with Gasteiger partial charge in [-0.15, -0.1) is 11.6 Å². The van der Waals surface area contributed by atoms with Crippen molar-refractivity contribution in [3.8, 4) is 0 Å². The van der Waals surface area contributed by atoms with Crippen LogP contribution in [-0.4, -0.2) is 29.3 Å². The molecule has 1 aliphatic heterocycles. The van der Waals surface area contributed by atoms with Gasteiger partial charge < -0.3 is 4.90 Å². The molecule has 1 saturated heterocycles. The Bertz CT molecular complexity index is 359. The van der Waals surface area contributed by atoms with E-state index in [-0.39, 0.29) is 6.04 Å². The van der Waals surface area contributed by atoms with Crippen LogP contribution in [0.3, 0.4) is 0 Å². The molecule has 5 atom stereocenters. The predicted molar refractivity (Wildman–Crippen MR) is 82.8 cm³/mol. The Morgan fingerprint density at radius 3 is 2.60 bits per heavy atom. The highest BCUT2D eigenvalue weighted by molar-refractivity contribution is 6.18. The second kappa shape index (κ2) is 6.25. The summed E-state index contributed by atoms with van der Waals surface area (Å²) in [6.07, 6.45) is 10.3. The van der Waals surface area contributed by atoms with Crippen LogP contribution in [0.25, 0.3) is 0 Å². The SMILES string of the molecule is CC1CCN(C(=O)C2CCC3CCCCC3C2)C1CCl. The molecular weight excluding hydrogens is 270 g/mol. The van der Waals surface area contributed by atoms with Gasteiger partial charge in [-0.2, -0.15) is 0 Å². The fourth-order valence-electron chi connectivity index (χ4n) is 4.85. The number of hydrogen-bond donors (Lipinski definition) is 0. The molecule has 3 aliphatic rings. The number of likely N-dealkylation sites (tertiary alicyclic amines) is 1. The van der Waals surface area contributed by atoms with Gasteiger partial charge in [0.05, 0.1) is 0 Å². The van der Waals surface area contributed by atoms with Crippen molar-refractivity contribution in [3.05, 3.63) is 0 Å². The van der Waals surface area contributed by atoms with Gasteiger partial charge in [-0.3, -0.25) is 4.79 Å². The molecule has 2 saturated carbocycles. The van der Waals surface area contributed by atoms with Gasteiger partial charge in [0, 0.05) is 24.4 Å². The summed E-state index contributed by atoms with van der Waals surface area (Å²) in [4.78, 5) is 15.0. The third-order valence-electron chi connectivity index (χ3n) is 6.21. The van der Waals surface area contributed by atoms with Gasteiger partial charge in [-0.05, 0) is 43.4 Å². The second-order valence-electron chi connectivity index (χ2n) is 7.33. The zero-order valence-corrected chi connectivity index (χ0v) is 13.4. The Labute approximate surface area is 128 Å². The van der Waals surface area contributed by atoms with Gasteiger partial charge >= 0.3 is 0 Å². The molecule has 0 N–H and O–H groups in total. The first-order chi connectivity index (χ1) is 9.70. The van der Waals surface area contributed by atoms with Crippen LogP contribution in [-0.2, 0) is 4.79 Å². The fraction of sp³-hybridized carbons (Fsp3) is 0.941. The molecule has 20 heavy (non-hydrogen) atoms. The monoisotopic (exact) mass is 297 g/mol. The van der Waals surface area contributed by atoms with Crippen LogP contribution in [0.4, 0.5) is 0 Å². The Hall–Kier alpha value is -0.240. The quantitative estimate of drug-likeness (QED) is 0.704. The average molecular weight is 298 g/mol. The highest BCUT2D eigenvalue weighted by Gasteiger charge is 2.40. The maximum Gasteiger partial charge on any atom is 0.225 e. The van der Waals surface area contributed by atoms with Crippen molar-refractivity contribution < 1.29 is 4.79 Å². The lowest BCUT2D eigenvalue weighted by Crippen LogP contribution is -2.44. The molecule has 5 unspecified atom stereocenters. The summed E-state index contributed by atoms with van der Waals surface area (Å²) in [5, 5.41) is 0. The topological polar surface area (TPSA) is 20.3 Å². The van der Waals surface area contributed by atoms with Crippen LogP contribution < -0.4 is 0 Å². The molecule has 1 heterocycles. The lowest BCUT2D eigenvalue weighted by Gasteiger charge is -2.40. The maximum atomic E-state index is 12.9. The summed E-state index contributed by atoms with van der Waals surface area (Å²) in [6.45, 7) is 3.17. The number of carbonyl (C=O) groups excluding carboxylic acids is 1. The van der Waals surface area contributed by atoms with Gasteiger partial charge in [0.2, 0.25) is 5.91 Å². The molecule has 0 aromatic heterocycles. The van der Waals surface area contributed by atoms with Crippen LogP contribution in [0.2, 0.25) is 0 Å². The molecule has 2 aliphatic carbocycles. The van der Waals surface area contributed by atoms with Gasteiger partial charge in [-0.1, -0.05) is 32.6 Å². The van der Waals surface area contributed by atoms with E-state index in [1.165, 1.54) is 32.1 Å². The van der Waals surface area contributed by atoms with E-state index in [1.54, 1.807) is 0 Å². The van der Waals surface area contributed by atoms with Crippen LogP contribution in [0.15, 0.2) is 0 Å². The number of rotatable bonds is 2. The van der Waals surface area contributed by atoms with Crippen molar-refractivity contribution in [2.75, 3.05) is 12.4 Å². The van der Waals surface area contributed by atoms with E-state index in [0.29, 0.717) is 23.6 Å². The van der Waals surface area contributed by atoms with E-state index in [1.807, 2.05) is 0 Å². The van der Waals surface area contributed by atoms with Crippen molar-refractivity contribution in [1.82, 2.24) is 4.90 Å². The molecule has 0 aromatic rings. The van der Waals surface area contributed by atoms with Crippen molar-refractivity contribution in [2.45, 2.75) is 64.3 Å². The zero-order chi connectivity index (χ0) is 14.1. The summed E-state index contributed by atoms with van der Waals surface area (Å²) in [5.74, 6) is 3.65.